The van der Waals surface area contributed by atoms with Gasteiger partial charge in [-0.25, -0.2) is 0 Å². The summed E-state index contributed by atoms with van der Waals surface area (Å²) in [6, 6.07) is 11.4. The van der Waals surface area contributed by atoms with E-state index in [1.165, 1.54) is 0 Å². The lowest BCUT2D eigenvalue weighted by Crippen LogP contribution is -2.41. The molecule has 0 bridgehead atoms. The molecule has 122 valence electrons. The van der Waals surface area contributed by atoms with Gasteiger partial charge >= 0.3 is 0 Å². The second-order valence-corrected chi connectivity index (χ2v) is 12.0. The van der Waals surface area contributed by atoms with E-state index in [4.69, 9.17) is 14.2 Å². The highest BCUT2D eigenvalue weighted by molar-refractivity contribution is 6.74. The average Bonchev–Trinajstić information content (AvgIpc) is 2.95. The summed E-state index contributed by atoms with van der Waals surface area (Å²) < 4.78 is 11.6. The van der Waals surface area contributed by atoms with Crippen LogP contribution in [-0.2, 0) is 10.8 Å². The number of benzene rings is 1. The quantitative estimate of drug-likeness (QED) is 0.741. The van der Waals surface area contributed by atoms with Gasteiger partial charge in [0, 0.05) is 24.7 Å². The van der Waals surface area contributed by atoms with E-state index in [-0.39, 0.29) is 5.04 Å². The predicted molar refractivity (Wildman–Crippen MR) is 93.5 cm³/mol. The summed E-state index contributed by atoms with van der Waals surface area (Å²) in [5.74, 6) is 0.685. The molecule has 0 saturated carbocycles. The Balaban J connectivity index is 1.99. The molecule has 0 radical (unpaired) electrons. The Morgan fingerprint density at radius 3 is 2.65 bits per heavy atom. The second-order valence-electron chi connectivity index (χ2n) is 7.23. The third-order valence-electron chi connectivity index (χ3n) is 4.46. The minimum Gasteiger partial charge on any atom is -0.416 e. The van der Waals surface area contributed by atoms with Gasteiger partial charge in [-0.15, -0.1) is 0 Å². The number of rotatable bonds is 5. The first-order chi connectivity index (χ1) is 10.7. The zero-order valence-corrected chi connectivity index (χ0v) is 15.5. The van der Waals surface area contributed by atoms with Crippen molar-refractivity contribution >= 4 is 8.32 Å². The lowest BCUT2D eigenvalue weighted by Gasteiger charge is -2.36. The Kier molecular flexibility index (Phi) is 5.08. The second kappa shape index (κ2) is 6.69. The number of hydrogen-bond donors (Lipinski definition) is 0. The third kappa shape index (κ3) is 4.31. The molecular weight excluding hydrogens is 304 g/mol. The highest BCUT2D eigenvalue weighted by Crippen LogP contribution is 2.36. The molecule has 0 fully saturated rings. The molecule has 0 aliphatic rings. The molecule has 5 heteroatoms. The standard InChI is InChI=1S/C18H24N2O2Si/c1-18(2,3)23(4,5)21-10-9-16-12-17(22-20-16)15-8-6-7-14(11-15)13-19/h6-8,11-12H,9-10H2,1-5H3. The predicted octanol–water partition coefficient (Wildman–Crippen LogP) is 4.78. The summed E-state index contributed by atoms with van der Waals surface area (Å²) in [5.41, 5.74) is 2.36. The largest absolute Gasteiger partial charge is 0.416 e. The average molecular weight is 328 g/mol. The maximum absolute atomic E-state index is 8.96. The van der Waals surface area contributed by atoms with Crippen LogP contribution in [0.15, 0.2) is 34.9 Å². The van der Waals surface area contributed by atoms with Crippen molar-refractivity contribution in [2.45, 2.75) is 45.3 Å². The fourth-order valence-corrected chi connectivity index (χ4v) is 2.98. The van der Waals surface area contributed by atoms with Gasteiger partial charge < -0.3 is 8.95 Å². The topological polar surface area (TPSA) is 59.0 Å². The Bertz CT molecular complexity index is 708. The molecule has 1 heterocycles. The van der Waals surface area contributed by atoms with Crippen molar-refractivity contribution in [3.8, 4) is 17.4 Å². The molecule has 0 aliphatic heterocycles. The van der Waals surface area contributed by atoms with Crippen molar-refractivity contribution in [2.24, 2.45) is 0 Å². The maximum atomic E-state index is 8.96. The fraction of sp³-hybridized carbons (Fsp3) is 0.444. The van der Waals surface area contributed by atoms with Gasteiger partial charge in [0.2, 0.25) is 0 Å². The molecule has 0 aliphatic carbocycles. The number of nitriles is 1. The molecular formula is C18H24N2O2Si. The summed E-state index contributed by atoms with van der Waals surface area (Å²) in [5, 5.41) is 13.3. The van der Waals surface area contributed by atoms with Gasteiger partial charge in [0.1, 0.15) is 0 Å². The van der Waals surface area contributed by atoms with E-state index < -0.39 is 8.32 Å². The van der Waals surface area contributed by atoms with Crippen LogP contribution in [0.5, 0.6) is 0 Å². The molecule has 2 aromatic rings. The van der Waals surface area contributed by atoms with Crippen LogP contribution in [0.1, 0.15) is 32.0 Å². The van der Waals surface area contributed by atoms with Gasteiger partial charge in [0.25, 0.3) is 0 Å². The van der Waals surface area contributed by atoms with E-state index in [2.05, 4.69) is 45.1 Å². The lowest BCUT2D eigenvalue weighted by atomic mass is 10.1. The smallest absolute Gasteiger partial charge is 0.191 e. The van der Waals surface area contributed by atoms with Gasteiger partial charge in [-0.05, 0) is 30.3 Å². The molecule has 0 unspecified atom stereocenters. The van der Waals surface area contributed by atoms with Gasteiger partial charge in [-0.3, -0.25) is 0 Å². The van der Waals surface area contributed by atoms with Crippen molar-refractivity contribution < 1.29 is 8.95 Å². The van der Waals surface area contributed by atoms with Crippen LogP contribution in [0.4, 0.5) is 0 Å². The van der Waals surface area contributed by atoms with E-state index in [0.717, 1.165) is 17.7 Å². The van der Waals surface area contributed by atoms with Crippen molar-refractivity contribution in [2.75, 3.05) is 6.61 Å². The molecule has 23 heavy (non-hydrogen) atoms. The molecule has 0 N–H and O–H groups in total. The SMILES string of the molecule is CC(C)(C)[Si](C)(C)OCCc1cc(-c2cccc(C#N)c2)on1. The monoisotopic (exact) mass is 328 g/mol. The zero-order valence-electron chi connectivity index (χ0n) is 14.5. The summed E-state index contributed by atoms with van der Waals surface area (Å²) in [6.07, 6.45) is 0.730. The molecule has 2 rings (SSSR count). The molecule has 1 aromatic heterocycles. The summed E-state index contributed by atoms with van der Waals surface area (Å²) >= 11 is 0. The normalized spacial score (nSPS) is 12.2. The third-order valence-corrected chi connectivity index (χ3v) is 9.00. The number of nitrogens with zero attached hydrogens (tertiary/aromatic N) is 2. The molecule has 0 saturated heterocycles. The van der Waals surface area contributed by atoms with Gasteiger partial charge in [-0.1, -0.05) is 38.1 Å². The Morgan fingerprint density at radius 1 is 1.26 bits per heavy atom. The van der Waals surface area contributed by atoms with Crippen molar-refractivity contribution in [1.29, 1.82) is 5.26 Å². The first kappa shape index (κ1) is 17.5. The summed E-state index contributed by atoms with van der Waals surface area (Å²) in [7, 11) is -1.72. The van der Waals surface area contributed by atoms with Crippen LogP contribution in [0, 0.1) is 11.3 Å². The number of aromatic nitrogens is 1. The molecule has 4 nitrogen and oxygen atoms in total. The first-order valence-electron chi connectivity index (χ1n) is 7.83. The van der Waals surface area contributed by atoms with E-state index in [9.17, 15) is 0 Å². The molecule has 0 amide bonds. The maximum Gasteiger partial charge on any atom is 0.191 e. The Hall–Kier alpha value is -1.90. The molecule has 1 aromatic carbocycles. The summed E-state index contributed by atoms with van der Waals surface area (Å²) in [4.78, 5) is 0. The highest BCUT2D eigenvalue weighted by atomic mass is 28.4. The Morgan fingerprint density at radius 2 is 2.00 bits per heavy atom. The minimum absolute atomic E-state index is 0.208. The van der Waals surface area contributed by atoms with Crippen molar-refractivity contribution in [3.63, 3.8) is 0 Å². The zero-order chi connectivity index (χ0) is 17.1. The van der Waals surface area contributed by atoms with Crippen LogP contribution in [-0.4, -0.2) is 20.1 Å². The summed E-state index contributed by atoms with van der Waals surface area (Å²) in [6.45, 7) is 11.8. The van der Waals surface area contributed by atoms with Crippen LogP contribution in [0.3, 0.4) is 0 Å². The lowest BCUT2D eigenvalue weighted by molar-refractivity contribution is 0.288. The van der Waals surface area contributed by atoms with Gasteiger partial charge in [-0.2, -0.15) is 5.26 Å². The minimum atomic E-state index is -1.72. The molecule has 0 spiro atoms. The van der Waals surface area contributed by atoms with E-state index >= 15 is 0 Å². The van der Waals surface area contributed by atoms with Crippen molar-refractivity contribution in [3.05, 3.63) is 41.6 Å². The fourth-order valence-electron chi connectivity index (χ4n) is 1.93. The van der Waals surface area contributed by atoms with E-state index in [1.54, 1.807) is 12.1 Å². The van der Waals surface area contributed by atoms with Gasteiger partial charge in [0.15, 0.2) is 14.1 Å². The van der Waals surface area contributed by atoms with Crippen LogP contribution >= 0.6 is 0 Å². The van der Waals surface area contributed by atoms with E-state index in [1.807, 2.05) is 18.2 Å². The molecule has 0 atom stereocenters. The van der Waals surface area contributed by atoms with E-state index in [0.29, 0.717) is 17.9 Å². The van der Waals surface area contributed by atoms with Crippen LogP contribution in [0.25, 0.3) is 11.3 Å². The first-order valence-corrected chi connectivity index (χ1v) is 10.7. The van der Waals surface area contributed by atoms with Gasteiger partial charge in [0.05, 0.1) is 17.3 Å². The van der Waals surface area contributed by atoms with Crippen LogP contribution in [0.2, 0.25) is 18.1 Å². The van der Waals surface area contributed by atoms with Crippen molar-refractivity contribution in [1.82, 2.24) is 5.16 Å². The highest BCUT2D eigenvalue weighted by Gasteiger charge is 2.36. The van der Waals surface area contributed by atoms with Crippen LogP contribution < -0.4 is 0 Å². The Labute approximate surface area is 139 Å². The number of hydrogen-bond acceptors (Lipinski definition) is 4.